The number of aromatic nitrogens is 3. The zero-order valence-electron chi connectivity index (χ0n) is 4.94. The second kappa shape index (κ2) is 1.66. The fraction of sp³-hybridized carbons (Fsp3) is 0. The topological polar surface area (TPSA) is 64.8 Å². The summed E-state index contributed by atoms with van der Waals surface area (Å²) in [6.45, 7) is 0. The van der Waals surface area contributed by atoms with E-state index >= 15 is 0 Å². The maximum Gasteiger partial charge on any atom is 0.444 e. The van der Waals surface area contributed by atoms with Gasteiger partial charge in [0.15, 0.2) is 11.4 Å². The smallest absolute Gasteiger partial charge is 0.264 e. The molecule has 10 heavy (non-hydrogen) atoms. The Bertz CT molecular complexity index is 402. The van der Waals surface area contributed by atoms with Crippen molar-refractivity contribution in [2.75, 3.05) is 0 Å². The van der Waals surface area contributed by atoms with Crippen LogP contribution in [0, 0.1) is 4.91 Å². The Morgan fingerprint density at radius 1 is 1.70 bits per heavy atom. The summed E-state index contributed by atoms with van der Waals surface area (Å²) in [4.78, 5) is 10.8. The molecule has 0 spiro atoms. The Hall–Kier alpha value is -1.65. The largest absolute Gasteiger partial charge is 0.444 e. The Labute approximate surface area is 54.8 Å². The van der Waals surface area contributed by atoms with Crippen molar-refractivity contribution in [1.29, 1.82) is 0 Å². The molecule has 2 heterocycles. The Morgan fingerprint density at radius 3 is 3.40 bits per heavy atom. The first-order valence-corrected chi connectivity index (χ1v) is 2.72. The lowest BCUT2D eigenvalue weighted by Gasteiger charge is -1.72. The molecule has 0 aliphatic carbocycles. The van der Waals surface area contributed by atoms with Crippen molar-refractivity contribution in [2.45, 2.75) is 0 Å². The first kappa shape index (κ1) is 5.16. The molecule has 0 aliphatic heterocycles. The molecule has 1 N–H and O–H groups in total. The van der Waals surface area contributed by atoms with Crippen molar-refractivity contribution in [3.05, 3.63) is 23.4 Å². The third-order valence-corrected chi connectivity index (χ3v) is 1.22. The zero-order chi connectivity index (χ0) is 6.97. The molecule has 0 aliphatic rings. The maximum absolute atomic E-state index is 10.8. The van der Waals surface area contributed by atoms with E-state index in [0.29, 0.717) is 9.93 Å². The van der Waals surface area contributed by atoms with Gasteiger partial charge in [-0.05, 0) is 11.0 Å². The molecule has 50 valence electrons. The van der Waals surface area contributed by atoms with E-state index in [4.69, 9.17) is 0 Å². The number of fused-ring (bicyclic) bond motifs is 1. The molecule has 0 atom stereocenters. The van der Waals surface area contributed by atoms with Crippen molar-refractivity contribution in [2.24, 2.45) is 0 Å². The Balaban J connectivity index is 3.09. The summed E-state index contributed by atoms with van der Waals surface area (Å²) >= 11 is 0. The van der Waals surface area contributed by atoms with Crippen molar-refractivity contribution in [1.82, 2.24) is 10.3 Å². The first-order chi connectivity index (χ1) is 4.88. The SMILES string of the molecule is O=[n+]1[nH]ccc2conc21. The van der Waals surface area contributed by atoms with E-state index in [2.05, 4.69) is 14.8 Å². The molecule has 5 heteroatoms. The molecule has 2 rings (SSSR count). The fourth-order valence-corrected chi connectivity index (χ4v) is 0.763. The predicted molar refractivity (Wildman–Crippen MR) is 31.7 cm³/mol. The van der Waals surface area contributed by atoms with Crippen LogP contribution in [-0.2, 0) is 0 Å². The maximum atomic E-state index is 10.8. The average molecular weight is 138 g/mol. The van der Waals surface area contributed by atoms with Gasteiger partial charge in [0, 0.05) is 6.20 Å². The van der Waals surface area contributed by atoms with Crippen LogP contribution in [0.15, 0.2) is 23.0 Å². The molecule has 2 aromatic heterocycles. The van der Waals surface area contributed by atoms with Gasteiger partial charge < -0.3 is 0 Å². The average Bonchev–Trinajstić information content (AvgIpc) is 2.36. The van der Waals surface area contributed by atoms with Gasteiger partial charge in [-0.3, -0.25) is 4.52 Å². The summed E-state index contributed by atoms with van der Waals surface area (Å²) in [6, 6.07) is 1.71. The van der Waals surface area contributed by atoms with Gasteiger partial charge in [0.2, 0.25) is 0 Å². The van der Waals surface area contributed by atoms with Crippen LogP contribution in [-0.4, -0.2) is 10.3 Å². The molecular formula is C5H4N3O2+. The van der Waals surface area contributed by atoms with Crippen LogP contribution in [0.1, 0.15) is 0 Å². The molecule has 0 saturated heterocycles. The number of rotatable bonds is 0. The minimum atomic E-state index is 0.266. The Morgan fingerprint density at radius 2 is 2.60 bits per heavy atom. The first-order valence-electron chi connectivity index (χ1n) is 2.72. The summed E-state index contributed by atoms with van der Waals surface area (Å²) in [5, 5.41) is 6.55. The third kappa shape index (κ3) is 0.540. The molecular weight excluding hydrogens is 134 g/mol. The highest BCUT2D eigenvalue weighted by Crippen LogP contribution is 2.02. The number of nitrogens with zero attached hydrogens (tertiary/aromatic N) is 2. The normalized spacial score (nSPS) is 10.4. The van der Waals surface area contributed by atoms with Gasteiger partial charge in [0.05, 0.1) is 4.54 Å². The molecule has 5 nitrogen and oxygen atoms in total. The van der Waals surface area contributed by atoms with Crippen LogP contribution in [0.3, 0.4) is 0 Å². The fourth-order valence-electron chi connectivity index (χ4n) is 0.763. The van der Waals surface area contributed by atoms with E-state index in [1.54, 1.807) is 6.07 Å². The summed E-state index contributed by atoms with van der Waals surface area (Å²) in [7, 11) is 0. The van der Waals surface area contributed by atoms with E-state index in [-0.39, 0.29) is 5.65 Å². The highest BCUT2D eigenvalue weighted by atomic mass is 16.5. The summed E-state index contributed by atoms with van der Waals surface area (Å²) < 4.78 is 5.10. The minimum Gasteiger partial charge on any atom is -0.264 e. The number of hydrogen-bond donors (Lipinski definition) is 1. The van der Waals surface area contributed by atoms with Gasteiger partial charge in [0.1, 0.15) is 5.39 Å². The molecule has 0 saturated carbocycles. The molecule has 0 radical (unpaired) electrons. The van der Waals surface area contributed by atoms with E-state index in [1.165, 1.54) is 12.5 Å². The second-order valence-corrected chi connectivity index (χ2v) is 1.85. The summed E-state index contributed by atoms with van der Waals surface area (Å²) in [6.07, 6.45) is 2.93. The minimum absolute atomic E-state index is 0.266. The van der Waals surface area contributed by atoms with E-state index in [9.17, 15) is 4.91 Å². The van der Waals surface area contributed by atoms with Crippen LogP contribution >= 0.6 is 0 Å². The summed E-state index contributed by atoms with van der Waals surface area (Å²) in [5.41, 5.74) is 0.266. The molecule has 0 aromatic carbocycles. The molecule has 0 fully saturated rings. The van der Waals surface area contributed by atoms with Gasteiger partial charge in [-0.2, -0.15) is 5.10 Å². The van der Waals surface area contributed by atoms with Crippen molar-refractivity contribution in [3.8, 4) is 0 Å². The van der Waals surface area contributed by atoms with Crippen molar-refractivity contribution >= 4 is 11.0 Å². The number of H-pyrrole nitrogens is 1. The second-order valence-electron chi connectivity index (χ2n) is 1.85. The number of nitrogens with one attached hydrogen (secondary N) is 1. The van der Waals surface area contributed by atoms with E-state index < -0.39 is 0 Å². The monoisotopic (exact) mass is 138 g/mol. The molecule has 0 bridgehead atoms. The third-order valence-electron chi connectivity index (χ3n) is 1.22. The van der Waals surface area contributed by atoms with E-state index in [0.717, 1.165) is 0 Å². The van der Waals surface area contributed by atoms with Gasteiger partial charge in [-0.1, -0.05) is 0 Å². The Kier molecular flexibility index (Phi) is 0.858. The number of aromatic amines is 1. The highest BCUT2D eigenvalue weighted by Gasteiger charge is 2.09. The van der Waals surface area contributed by atoms with Crippen LogP contribution < -0.4 is 4.54 Å². The highest BCUT2D eigenvalue weighted by molar-refractivity contribution is 5.68. The zero-order valence-corrected chi connectivity index (χ0v) is 4.94. The van der Waals surface area contributed by atoms with Crippen LogP contribution in [0.5, 0.6) is 0 Å². The van der Waals surface area contributed by atoms with Crippen LogP contribution in [0.2, 0.25) is 0 Å². The number of hydrogen-bond acceptors (Lipinski definition) is 3. The van der Waals surface area contributed by atoms with E-state index in [1.807, 2.05) is 0 Å². The molecule has 0 amide bonds. The lowest BCUT2D eigenvalue weighted by atomic mass is 10.4. The molecule has 0 unspecified atom stereocenters. The van der Waals surface area contributed by atoms with Crippen molar-refractivity contribution in [3.63, 3.8) is 0 Å². The summed E-state index contributed by atoms with van der Waals surface area (Å²) in [5.74, 6) is 0. The molecule has 2 aromatic rings. The van der Waals surface area contributed by atoms with Crippen molar-refractivity contribution < 1.29 is 9.06 Å². The van der Waals surface area contributed by atoms with Crippen LogP contribution in [0.25, 0.3) is 11.0 Å². The lowest BCUT2D eigenvalue weighted by Crippen LogP contribution is -2.19. The van der Waals surface area contributed by atoms with Gasteiger partial charge in [-0.25, -0.2) is 0 Å². The predicted octanol–water partition coefficient (Wildman–Crippen LogP) is 0.0704. The standard InChI is InChI=1S/C5H4N3O2/c9-8-5-4(1-2-6-8)3-10-7-5/h1-3H,(H,6,9)/q+1. The van der Waals surface area contributed by atoms with Crippen LogP contribution in [0.4, 0.5) is 0 Å². The lowest BCUT2D eigenvalue weighted by molar-refractivity contribution is -0.538. The van der Waals surface area contributed by atoms with Gasteiger partial charge >= 0.3 is 5.65 Å². The quantitative estimate of drug-likeness (QED) is 0.524. The van der Waals surface area contributed by atoms with Gasteiger partial charge in [-0.15, -0.1) is 0 Å². The van der Waals surface area contributed by atoms with Gasteiger partial charge in [0.25, 0.3) is 0 Å².